The monoisotopic (exact) mass is 183 g/mol. The van der Waals surface area contributed by atoms with Crippen LogP contribution in [0.3, 0.4) is 0 Å². The predicted molar refractivity (Wildman–Crippen MR) is 56.5 cm³/mol. The normalized spacial score (nSPS) is 12.7. The molecule has 76 valence electrons. The van der Waals surface area contributed by atoms with Crippen molar-refractivity contribution in [3.63, 3.8) is 0 Å². The van der Waals surface area contributed by atoms with Crippen LogP contribution >= 0.6 is 0 Å². The molecule has 0 aromatic heterocycles. The Morgan fingerprint density at radius 1 is 1.38 bits per heavy atom. The summed E-state index contributed by atoms with van der Waals surface area (Å²) in [5, 5.41) is 2.84. The number of rotatable bonds is 5. The fraction of sp³-hybridized carbons (Fsp3) is 0.727. The maximum Gasteiger partial charge on any atom is 0.247 e. The molecule has 0 aliphatic heterocycles. The highest BCUT2D eigenvalue weighted by atomic mass is 16.1. The van der Waals surface area contributed by atoms with Gasteiger partial charge in [-0.05, 0) is 26.2 Å². The van der Waals surface area contributed by atoms with Gasteiger partial charge in [-0.25, -0.2) is 0 Å². The molecule has 0 rings (SSSR count). The number of nitrogens with one attached hydrogen (secondary N) is 1. The van der Waals surface area contributed by atoms with Crippen LogP contribution in [0.25, 0.3) is 0 Å². The first-order chi connectivity index (χ1) is 5.99. The number of carbonyl (C=O) groups excluding carboxylic acids is 1. The van der Waals surface area contributed by atoms with Crippen LogP contribution in [-0.4, -0.2) is 11.9 Å². The third-order valence-electron chi connectivity index (χ3n) is 2.03. The van der Waals surface area contributed by atoms with Gasteiger partial charge in [-0.3, -0.25) is 4.79 Å². The second-order valence-electron chi connectivity index (χ2n) is 3.84. The van der Waals surface area contributed by atoms with Crippen molar-refractivity contribution >= 4 is 5.91 Å². The van der Waals surface area contributed by atoms with E-state index in [0.29, 0.717) is 11.5 Å². The Hall–Kier alpha value is -0.790. The van der Waals surface area contributed by atoms with E-state index in [9.17, 15) is 4.79 Å². The molecule has 0 aromatic rings. The van der Waals surface area contributed by atoms with E-state index in [4.69, 9.17) is 0 Å². The van der Waals surface area contributed by atoms with Gasteiger partial charge in [-0.2, -0.15) is 0 Å². The van der Waals surface area contributed by atoms with Crippen molar-refractivity contribution in [2.45, 2.75) is 46.6 Å². The molecule has 0 saturated carbocycles. The second-order valence-corrected chi connectivity index (χ2v) is 3.84. The summed E-state index contributed by atoms with van der Waals surface area (Å²) in [4.78, 5) is 11.5. The van der Waals surface area contributed by atoms with Crippen LogP contribution in [0.4, 0.5) is 0 Å². The lowest BCUT2D eigenvalue weighted by atomic mass is 9.97. The van der Waals surface area contributed by atoms with Crippen LogP contribution in [-0.2, 0) is 4.79 Å². The lowest BCUT2D eigenvalue weighted by molar-refractivity contribution is -0.118. The molecule has 2 nitrogen and oxygen atoms in total. The smallest absolute Gasteiger partial charge is 0.247 e. The van der Waals surface area contributed by atoms with Gasteiger partial charge in [0.1, 0.15) is 0 Å². The Kier molecular flexibility index (Phi) is 5.44. The number of hydrogen-bond donors (Lipinski definition) is 1. The van der Waals surface area contributed by atoms with E-state index in [-0.39, 0.29) is 11.9 Å². The van der Waals surface area contributed by atoms with Crippen molar-refractivity contribution in [3.05, 3.63) is 12.2 Å². The summed E-state index contributed by atoms with van der Waals surface area (Å²) in [6.07, 6.45) is 2.12. The summed E-state index contributed by atoms with van der Waals surface area (Å²) >= 11 is 0. The molecule has 0 aliphatic rings. The van der Waals surface area contributed by atoms with Crippen LogP contribution < -0.4 is 5.32 Å². The van der Waals surface area contributed by atoms with E-state index in [1.807, 2.05) is 20.8 Å². The molecule has 1 atom stereocenters. The van der Waals surface area contributed by atoms with Gasteiger partial charge in [0.25, 0.3) is 0 Å². The average molecular weight is 183 g/mol. The Balaban J connectivity index is 4.02. The van der Waals surface area contributed by atoms with Crippen molar-refractivity contribution < 1.29 is 4.79 Å². The van der Waals surface area contributed by atoms with Gasteiger partial charge in [0, 0.05) is 11.6 Å². The topological polar surface area (TPSA) is 29.1 Å². The van der Waals surface area contributed by atoms with Crippen molar-refractivity contribution in [2.75, 3.05) is 0 Å². The minimum absolute atomic E-state index is 0.00375. The van der Waals surface area contributed by atoms with Crippen molar-refractivity contribution in [1.29, 1.82) is 0 Å². The Morgan fingerprint density at radius 2 is 1.92 bits per heavy atom. The number of carbonyl (C=O) groups is 1. The number of hydrogen-bond acceptors (Lipinski definition) is 1. The fourth-order valence-corrected chi connectivity index (χ4v) is 1.19. The zero-order valence-electron chi connectivity index (χ0n) is 9.18. The molecule has 1 unspecified atom stereocenters. The molecule has 0 bridgehead atoms. The van der Waals surface area contributed by atoms with Crippen LogP contribution in [0, 0.1) is 5.92 Å². The molecule has 0 aliphatic carbocycles. The van der Waals surface area contributed by atoms with E-state index in [1.165, 1.54) is 0 Å². The first-order valence-corrected chi connectivity index (χ1v) is 4.98. The van der Waals surface area contributed by atoms with Crippen LogP contribution in [0.1, 0.15) is 40.5 Å². The molecular formula is C11H21NO. The first-order valence-electron chi connectivity index (χ1n) is 4.98. The van der Waals surface area contributed by atoms with Gasteiger partial charge < -0.3 is 5.32 Å². The summed E-state index contributed by atoms with van der Waals surface area (Å²) in [5.74, 6) is 0.291. The zero-order valence-corrected chi connectivity index (χ0v) is 9.18. The highest BCUT2D eigenvalue weighted by molar-refractivity contribution is 5.93. The summed E-state index contributed by atoms with van der Waals surface area (Å²) in [7, 11) is 0. The lowest BCUT2D eigenvalue weighted by Crippen LogP contribution is -2.32. The van der Waals surface area contributed by atoms with E-state index < -0.39 is 0 Å². The lowest BCUT2D eigenvalue weighted by Gasteiger charge is -2.15. The van der Waals surface area contributed by atoms with Gasteiger partial charge in [0.15, 0.2) is 0 Å². The molecular weight excluding hydrogens is 162 g/mol. The van der Waals surface area contributed by atoms with Gasteiger partial charge in [0.2, 0.25) is 5.91 Å². The standard InChI is InChI=1S/C11H21NO/c1-6-7-9(4)10(5)11(13)12-8(2)3/h8-9H,5-7H2,1-4H3,(H,12,13). The average Bonchev–Trinajstić information content (AvgIpc) is 2.02. The third kappa shape index (κ3) is 4.71. The van der Waals surface area contributed by atoms with Gasteiger partial charge in [-0.15, -0.1) is 0 Å². The largest absolute Gasteiger partial charge is 0.350 e. The quantitative estimate of drug-likeness (QED) is 0.652. The van der Waals surface area contributed by atoms with Crippen molar-refractivity contribution in [2.24, 2.45) is 5.92 Å². The minimum atomic E-state index is -0.00375. The van der Waals surface area contributed by atoms with Gasteiger partial charge in [-0.1, -0.05) is 26.8 Å². The highest BCUT2D eigenvalue weighted by Gasteiger charge is 2.13. The first kappa shape index (κ1) is 12.2. The van der Waals surface area contributed by atoms with E-state index in [2.05, 4.69) is 18.8 Å². The molecule has 0 saturated heterocycles. The molecule has 0 heterocycles. The van der Waals surface area contributed by atoms with Crippen LogP contribution in [0.5, 0.6) is 0 Å². The maximum atomic E-state index is 11.5. The SMILES string of the molecule is C=C(C(=O)NC(C)C)C(C)CCC. The summed E-state index contributed by atoms with van der Waals surface area (Å²) in [6, 6.07) is 0.193. The van der Waals surface area contributed by atoms with E-state index >= 15 is 0 Å². The predicted octanol–water partition coefficient (Wildman–Crippen LogP) is 2.50. The summed E-state index contributed by atoms with van der Waals surface area (Å²) in [6.45, 7) is 11.9. The van der Waals surface area contributed by atoms with Crippen molar-refractivity contribution in [1.82, 2.24) is 5.32 Å². The molecule has 13 heavy (non-hydrogen) atoms. The Labute approximate surface area is 81.4 Å². The molecule has 0 radical (unpaired) electrons. The molecule has 0 fully saturated rings. The van der Waals surface area contributed by atoms with E-state index in [0.717, 1.165) is 12.8 Å². The van der Waals surface area contributed by atoms with E-state index in [1.54, 1.807) is 0 Å². The highest BCUT2D eigenvalue weighted by Crippen LogP contribution is 2.14. The zero-order chi connectivity index (χ0) is 10.4. The van der Waals surface area contributed by atoms with Crippen LogP contribution in [0.15, 0.2) is 12.2 Å². The number of amides is 1. The fourth-order valence-electron chi connectivity index (χ4n) is 1.19. The molecule has 2 heteroatoms. The summed E-state index contributed by atoms with van der Waals surface area (Å²) in [5.41, 5.74) is 0.704. The van der Waals surface area contributed by atoms with Crippen molar-refractivity contribution in [3.8, 4) is 0 Å². The Morgan fingerprint density at radius 3 is 2.31 bits per heavy atom. The molecule has 1 amide bonds. The maximum absolute atomic E-state index is 11.5. The minimum Gasteiger partial charge on any atom is -0.350 e. The van der Waals surface area contributed by atoms with Gasteiger partial charge >= 0.3 is 0 Å². The summed E-state index contributed by atoms with van der Waals surface area (Å²) < 4.78 is 0. The van der Waals surface area contributed by atoms with Gasteiger partial charge in [0.05, 0.1) is 0 Å². The molecule has 0 aromatic carbocycles. The second kappa shape index (κ2) is 5.79. The third-order valence-corrected chi connectivity index (χ3v) is 2.03. The molecule has 1 N–H and O–H groups in total. The van der Waals surface area contributed by atoms with Crippen LogP contribution in [0.2, 0.25) is 0 Å². The Bertz CT molecular complexity index is 185. The molecule has 0 spiro atoms.